The third-order valence-electron chi connectivity index (χ3n) is 4.18. The fourth-order valence-corrected chi connectivity index (χ4v) is 3.37. The molecule has 0 saturated heterocycles. The zero-order chi connectivity index (χ0) is 15.3. The maximum absolute atomic E-state index is 6.03. The Kier molecular flexibility index (Phi) is 3.07. The van der Waals surface area contributed by atoms with Gasteiger partial charge >= 0.3 is 0 Å². The van der Waals surface area contributed by atoms with Gasteiger partial charge in [0, 0.05) is 35.6 Å². The molecule has 0 fully saturated rings. The van der Waals surface area contributed by atoms with Crippen molar-refractivity contribution >= 4 is 0 Å². The van der Waals surface area contributed by atoms with Gasteiger partial charge in [0.25, 0.3) is 5.89 Å². The number of ether oxygens (including phenoxy) is 2. The average Bonchev–Trinajstić information content (AvgIpc) is 3.18. The molecule has 2 N–H and O–H groups in total. The molecule has 0 bridgehead atoms. The molecule has 2 aromatic rings. The average molecular weight is 301 g/mol. The number of aryl methyl sites for hydroxylation is 1. The summed E-state index contributed by atoms with van der Waals surface area (Å²) in [5, 5.41) is 3.91. The summed E-state index contributed by atoms with van der Waals surface area (Å²) in [6.45, 7) is 5.17. The summed E-state index contributed by atoms with van der Waals surface area (Å²) in [4.78, 5) is 4.39. The molecule has 2 aliphatic heterocycles. The van der Waals surface area contributed by atoms with Gasteiger partial charge in [-0.1, -0.05) is 5.16 Å². The first-order valence-corrected chi connectivity index (χ1v) is 7.67. The van der Waals surface area contributed by atoms with Crippen molar-refractivity contribution in [2.75, 3.05) is 13.2 Å². The van der Waals surface area contributed by atoms with Crippen LogP contribution in [0.2, 0.25) is 0 Å². The van der Waals surface area contributed by atoms with Crippen LogP contribution in [0.1, 0.15) is 29.4 Å². The van der Waals surface area contributed by atoms with Crippen molar-refractivity contribution in [1.29, 1.82) is 0 Å². The normalized spacial score (nSPS) is 16.9. The predicted molar refractivity (Wildman–Crippen MR) is 80.2 cm³/mol. The Balaban J connectivity index is 1.97. The zero-order valence-electron chi connectivity index (χ0n) is 12.8. The Bertz CT molecular complexity index is 701. The molecule has 4 rings (SSSR count). The van der Waals surface area contributed by atoms with E-state index in [-0.39, 0.29) is 6.04 Å². The van der Waals surface area contributed by atoms with E-state index in [1.807, 2.05) is 13.8 Å². The molecule has 1 aromatic carbocycles. The molecule has 0 unspecified atom stereocenters. The summed E-state index contributed by atoms with van der Waals surface area (Å²) in [7, 11) is 0. The summed E-state index contributed by atoms with van der Waals surface area (Å²) in [6, 6.07) is 0.0782. The summed E-state index contributed by atoms with van der Waals surface area (Å²) in [6.07, 6.45) is 2.49. The van der Waals surface area contributed by atoms with Gasteiger partial charge in [0.05, 0.1) is 18.8 Å². The van der Waals surface area contributed by atoms with Crippen molar-refractivity contribution in [3.05, 3.63) is 22.5 Å². The van der Waals surface area contributed by atoms with Crippen LogP contribution in [0.25, 0.3) is 11.5 Å². The second kappa shape index (κ2) is 4.98. The van der Waals surface area contributed by atoms with Crippen LogP contribution in [0.4, 0.5) is 0 Å². The lowest BCUT2D eigenvalue weighted by Gasteiger charge is -2.17. The molecule has 22 heavy (non-hydrogen) atoms. The maximum Gasteiger partial charge on any atom is 0.262 e. The molecule has 0 saturated carbocycles. The van der Waals surface area contributed by atoms with Crippen molar-refractivity contribution in [3.8, 4) is 23.0 Å². The summed E-state index contributed by atoms with van der Waals surface area (Å²) in [5.74, 6) is 2.97. The van der Waals surface area contributed by atoms with Crippen molar-refractivity contribution in [1.82, 2.24) is 10.1 Å². The second-order valence-corrected chi connectivity index (χ2v) is 5.99. The highest BCUT2D eigenvalue weighted by molar-refractivity contribution is 5.77. The third kappa shape index (κ3) is 1.98. The van der Waals surface area contributed by atoms with E-state index in [9.17, 15) is 0 Å². The first-order valence-electron chi connectivity index (χ1n) is 7.67. The molecule has 2 aliphatic rings. The van der Waals surface area contributed by atoms with Crippen LogP contribution in [0.15, 0.2) is 4.52 Å². The fourth-order valence-electron chi connectivity index (χ4n) is 3.37. The predicted octanol–water partition coefficient (Wildman–Crippen LogP) is 1.80. The van der Waals surface area contributed by atoms with Crippen LogP contribution in [-0.2, 0) is 19.3 Å². The Hall–Kier alpha value is -2.08. The van der Waals surface area contributed by atoms with Crippen molar-refractivity contribution < 1.29 is 14.0 Å². The monoisotopic (exact) mass is 301 g/mol. The first kappa shape index (κ1) is 13.6. The Morgan fingerprint density at radius 3 is 2.55 bits per heavy atom. The topological polar surface area (TPSA) is 83.4 Å². The van der Waals surface area contributed by atoms with E-state index in [1.165, 1.54) is 11.1 Å². The van der Waals surface area contributed by atoms with Crippen molar-refractivity contribution in [2.45, 2.75) is 39.2 Å². The van der Waals surface area contributed by atoms with E-state index in [2.05, 4.69) is 10.1 Å². The number of aromatic nitrogens is 2. The molecule has 1 aromatic heterocycles. The van der Waals surface area contributed by atoms with Gasteiger partial charge in [-0.25, -0.2) is 0 Å². The number of hydrogen-bond acceptors (Lipinski definition) is 6. The van der Waals surface area contributed by atoms with E-state index in [0.717, 1.165) is 41.9 Å². The highest BCUT2D eigenvalue weighted by Gasteiger charge is 2.34. The lowest BCUT2D eigenvalue weighted by Crippen LogP contribution is -2.19. The summed E-state index contributed by atoms with van der Waals surface area (Å²) >= 11 is 0. The zero-order valence-corrected chi connectivity index (χ0v) is 12.8. The van der Waals surface area contributed by atoms with Crippen LogP contribution < -0.4 is 15.2 Å². The Morgan fingerprint density at radius 2 is 1.86 bits per heavy atom. The molecule has 3 heterocycles. The number of benzene rings is 1. The number of nitrogens with two attached hydrogens (primary N) is 1. The van der Waals surface area contributed by atoms with E-state index < -0.39 is 0 Å². The van der Waals surface area contributed by atoms with Crippen LogP contribution in [0.5, 0.6) is 11.5 Å². The van der Waals surface area contributed by atoms with Crippen molar-refractivity contribution in [3.63, 3.8) is 0 Å². The van der Waals surface area contributed by atoms with Gasteiger partial charge < -0.3 is 19.7 Å². The number of fused-ring (bicyclic) bond motifs is 2. The minimum atomic E-state index is 0.0782. The molecule has 6 heteroatoms. The van der Waals surface area contributed by atoms with Gasteiger partial charge in [-0.05, 0) is 20.3 Å². The van der Waals surface area contributed by atoms with E-state index in [4.69, 9.17) is 19.7 Å². The smallest absolute Gasteiger partial charge is 0.262 e. The lowest BCUT2D eigenvalue weighted by atomic mass is 9.91. The standard InChI is InChI=1S/C16H19N3O3/c1-8(17)7-12-10-3-5-21-15(10)13(11-4-6-20-14(11)12)16-18-9(2)19-22-16/h8H,3-7,17H2,1-2H3/t8-/m1/s1. The molecule has 1 atom stereocenters. The van der Waals surface area contributed by atoms with Gasteiger partial charge in [-0.2, -0.15) is 4.98 Å². The molecule has 0 aliphatic carbocycles. The minimum absolute atomic E-state index is 0.0782. The Morgan fingerprint density at radius 1 is 1.14 bits per heavy atom. The van der Waals surface area contributed by atoms with Crippen molar-refractivity contribution in [2.24, 2.45) is 5.73 Å². The lowest BCUT2D eigenvalue weighted by molar-refractivity contribution is 0.352. The Labute approximate surface area is 128 Å². The van der Waals surface area contributed by atoms with E-state index in [0.29, 0.717) is 24.9 Å². The third-order valence-corrected chi connectivity index (χ3v) is 4.18. The largest absolute Gasteiger partial charge is 0.493 e. The quantitative estimate of drug-likeness (QED) is 0.930. The van der Waals surface area contributed by atoms with Crippen LogP contribution in [-0.4, -0.2) is 29.4 Å². The van der Waals surface area contributed by atoms with Gasteiger partial charge in [0.2, 0.25) is 0 Å². The van der Waals surface area contributed by atoms with Crippen LogP contribution in [0.3, 0.4) is 0 Å². The molecule has 116 valence electrons. The molecular weight excluding hydrogens is 282 g/mol. The fraction of sp³-hybridized carbons (Fsp3) is 0.500. The second-order valence-electron chi connectivity index (χ2n) is 5.99. The highest BCUT2D eigenvalue weighted by atomic mass is 16.5. The molecule has 0 amide bonds. The summed E-state index contributed by atoms with van der Waals surface area (Å²) < 4.78 is 17.2. The molecular formula is C16H19N3O3. The SMILES string of the molecule is Cc1noc(-c2c3c(c(C[C@@H](C)N)c4c2OCC4)OCC3)n1. The van der Waals surface area contributed by atoms with E-state index in [1.54, 1.807) is 0 Å². The van der Waals surface area contributed by atoms with Crippen LogP contribution in [0, 0.1) is 6.92 Å². The van der Waals surface area contributed by atoms with Gasteiger partial charge in [-0.15, -0.1) is 0 Å². The maximum atomic E-state index is 6.03. The molecule has 0 spiro atoms. The molecule has 6 nitrogen and oxygen atoms in total. The van der Waals surface area contributed by atoms with Crippen LogP contribution >= 0.6 is 0 Å². The van der Waals surface area contributed by atoms with E-state index >= 15 is 0 Å². The van der Waals surface area contributed by atoms with Gasteiger partial charge in [0.15, 0.2) is 5.82 Å². The molecule has 0 radical (unpaired) electrons. The van der Waals surface area contributed by atoms with Gasteiger partial charge in [0.1, 0.15) is 11.5 Å². The van der Waals surface area contributed by atoms with Gasteiger partial charge in [-0.3, -0.25) is 0 Å². The summed E-state index contributed by atoms with van der Waals surface area (Å²) in [5.41, 5.74) is 10.4. The number of hydrogen-bond donors (Lipinski definition) is 1. The first-order chi connectivity index (χ1) is 10.6. The minimum Gasteiger partial charge on any atom is -0.493 e. The highest BCUT2D eigenvalue weighted by Crippen LogP contribution is 2.48. The number of nitrogens with zero attached hydrogens (tertiary/aromatic N) is 2. The number of rotatable bonds is 3.